The van der Waals surface area contributed by atoms with Crippen molar-refractivity contribution in [2.45, 2.75) is 59.4 Å². The third-order valence-corrected chi connectivity index (χ3v) is 4.91. The van der Waals surface area contributed by atoms with Crippen LogP contribution in [0, 0.1) is 0 Å². The highest BCUT2D eigenvalue weighted by molar-refractivity contribution is 5.95. The molecule has 2 aromatic rings. The monoisotopic (exact) mass is 446 g/mol. The summed E-state index contributed by atoms with van der Waals surface area (Å²) in [4.78, 5) is 41.3. The standard InChI is InChI=1S/C23H34N4O5/c1-4-7-15-27-21(24)20(22(29)25-23(27)30)26(14-5-2)19(28)9-8-16-32-18-12-10-17(11-13-18)31-6-3/h10-13H,4-9,14-16,24H2,1-3H3,(H,25,29,30). The number of ether oxygens (including phenoxy) is 2. The highest BCUT2D eigenvalue weighted by Crippen LogP contribution is 2.20. The number of H-pyrrole nitrogens is 1. The third kappa shape index (κ3) is 6.63. The Balaban J connectivity index is 2.06. The van der Waals surface area contributed by atoms with Crippen molar-refractivity contribution < 1.29 is 14.3 Å². The van der Waals surface area contributed by atoms with Crippen LogP contribution in [0.1, 0.15) is 52.9 Å². The third-order valence-electron chi connectivity index (χ3n) is 4.91. The molecule has 0 atom stereocenters. The molecule has 3 N–H and O–H groups in total. The molecule has 176 valence electrons. The molecule has 0 saturated heterocycles. The van der Waals surface area contributed by atoms with Gasteiger partial charge in [-0.05, 0) is 50.5 Å². The number of nitrogens with zero attached hydrogens (tertiary/aromatic N) is 2. The van der Waals surface area contributed by atoms with E-state index in [1.807, 2.05) is 45.0 Å². The maximum absolute atomic E-state index is 12.9. The molecule has 0 aliphatic carbocycles. The molecule has 1 heterocycles. The number of aromatic nitrogens is 2. The van der Waals surface area contributed by atoms with Gasteiger partial charge in [0.15, 0.2) is 5.69 Å². The van der Waals surface area contributed by atoms with Crippen molar-refractivity contribution in [3.05, 3.63) is 45.1 Å². The summed E-state index contributed by atoms with van der Waals surface area (Å²) in [7, 11) is 0. The van der Waals surface area contributed by atoms with E-state index in [-0.39, 0.29) is 23.8 Å². The molecule has 0 unspecified atom stereocenters. The molecule has 0 bridgehead atoms. The molecule has 32 heavy (non-hydrogen) atoms. The van der Waals surface area contributed by atoms with Crippen LogP contribution in [0.3, 0.4) is 0 Å². The lowest BCUT2D eigenvalue weighted by Crippen LogP contribution is -2.41. The average molecular weight is 447 g/mol. The number of carbonyl (C=O) groups excluding carboxylic acids is 1. The van der Waals surface area contributed by atoms with E-state index in [9.17, 15) is 14.4 Å². The number of anilines is 2. The normalized spacial score (nSPS) is 10.7. The molecule has 2 rings (SSSR count). The summed E-state index contributed by atoms with van der Waals surface area (Å²) in [6.07, 6.45) is 2.90. The molecular weight excluding hydrogens is 412 g/mol. The predicted molar refractivity (Wildman–Crippen MR) is 126 cm³/mol. The first-order valence-electron chi connectivity index (χ1n) is 11.2. The number of nitrogens with one attached hydrogen (secondary N) is 1. The first kappa shape index (κ1) is 25.0. The number of nitrogen functional groups attached to an aromatic ring is 1. The number of carbonyl (C=O) groups is 1. The summed E-state index contributed by atoms with van der Waals surface area (Å²) in [5, 5.41) is 0. The van der Waals surface area contributed by atoms with E-state index >= 15 is 0 Å². The van der Waals surface area contributed by atoms with Gasteiger partial charge in [0, 0.05) is 19.5 Å². The highest BCUT2D eigenvalue weighted by atomic mass is 16.5. The Kier molecular flexibility index (Phi) is 9.84. The average Bonchev–Trinajstić information content (AvgIpc) is 2.77. The van der Waals surface area contributed by atoms with Crippen molar-refractivity contribution in [3.63, 3.8) is 0 Å². The van der Waals surface area contributed by atoms with Crippen LogP contribution in [0.25, 0.3) is 0 Å². The molecule has 1 aromatic carbocycles. The van der Waals surface area contributed by atoms with Crippen LogP contribution >= 0.6 is 0 Å². The number of aromatic amines is 1. The first-order valence-corrected chi connectivity index (χ1v) is 11.2. The summed E-state index contributed by atoms with van der Waals surface area (Å²) in [5.41, 5.74) is 5.01. The number of unbranched alkanes of at least 4 members (excludes halogenated alkanes) is 1. The zero-order chi connectivity index (χ0) is 23.5. The van der Waals surface area contributed by atoms with Crippen LogP contribution in [0.2, 0.25) is 0 Å². The van der Waals surface area contributed by atoms with Crippen LogP contribution in [0.5, 0.6) is 11.5 Å². The summed E-state index contributed by atoms with van der Waals surface area (Å²) in [5.74, 6) is 1.25. The van der Waals surface area contributed by atoms with Gasteiger partial charge in [-0.1, -0.05) is 20.3 Å². The van der Waals surface area contributed by atoms with Crippen LogP contribution < -0.4 is 31.4 Å². The summed E-state index contributed by atoms with van der Waals surface area (Å²) >= 11 is 0. The van der Waals surface area contributed by atoms with Gasteiger partial charge < -0.3 is 20.1 Å². The first-order chi connectivity index (χ1) is 15.4. The van der Waals surface area contributed by atoms with Crippen LogP contribution in [-0.2, 0) is 11.3 Å². The van der Waals surface area contributed by atoms with Gasteiger partial charge in [0.05, 0.1) is 13.2 Å². The Morgan fingerprint density at radius 3 is 2.28 bits per heavy atom. The largest absolute Gasteiger partial charge is 0.494 e. The van der Waals surface area contributed by atoms with Crippen molar-refractivity contribution in [2.75, 3.05) is 30.4 Å². The number of benzene rings is 1. The smallest absolute Gasteiger partial charge is 0.330 e. The second-order valence-electron chi connectivity index (χ2n) is 7.40. The molecular formula is C23H34N4O5. The SMILES string of the molecule is CCCCn1c(N)c(N(CCC)C(=O)CCCOc2ccc(OCC)cc2)c(=O)[nH]c1=O. The van der Waals surface area contributed by atoms with E-state index < -0.39 is 11.2 Å². The fourth-order valence-electron chi connectivity index (χ4n) is 3.31. The molecule has 0 aliphatic rings. The Morgan fingerprint density at radius 2 is 1.69 bits per heavy atom. The van der Waals surface area contributed by atoms with Gasteiger partial charge in [-0.2, -0.15) is 0 Å². The topological polar surface area (TPSA) is 120 Å². The van der Waals surface area contributed by atoms with Gasteiger partial charge in [0.1, 0.15) is 17.3 Å². The molecule has 0 radical (unpaired) electrons. The summed E-state index contributed by atoms with van der Waals surface area (Å²) in [6, 6.07) is 7.29. The molecule has 9 heteroatoms. The minimum Gasteiger partial charge on any atom is -0.494 e. The maximum atomic E-state index is 12.9. The molecule has 1 aromatic heterocycles. The molecule has 0 spiro atoms. The fraction of sp³-hybridized carbons (Fsp3) is 0.522. The van der Waals surface area contributed by atoms with Gasteiger partial charge >= 0.3 is 5.69 Å². The van der Waals surface area contributed by atoms with Crippen molar-refractivity contribution in [1.82, 2.24) is 9.55 Å². The molecule has 0 saturated carbocycles. The lowest BCUT2D eigenvalue weighted by Gasteiger charge is -2.24. The van der Waals surface area contributed by atoms with Crippen molar-refractivity contribution >= 4 is 17.4 Å². The number of amides is 1. The van der Waals surface area contributed by atoms with E-state index in [2.05, 4.69) is 4.98 Å². The Labute approximate surface area is 188 Å². The van der Waals surface area contributed by atoms with E-state index in [1.54, 1.807) is 0 Å². The molecule has 9 nitrogen and oxygen atoms in total. The molecule has 1 amide bonds. The number of hydrogen-bond acceptors (Lipinski definition) is 6. The minimum absolute atomic E-state index is 0.0274. The lowest BCUT2D eigenvalue weighted by molar-refractivity contribution is -0.118. The Bertz CT molecular complexity index is 981. The van der Waals surface area contributed by atoms with E-state index in [1.165, 1.54) is 9.47 Å². The Morgan fingerprint density at radius 1 is 1.03 bits per heavy atom. The summed E-state index contributed by atoms with van der Waals surface area (Å²) < 4.78 is 12.4. The van der Waals surface area contributed by atoms with Crippen molar-refractivity contribution in [2.24, 2.45) is 0 Å². The lowest BCUT2D eigenvalue weighted by atomic mass is 10.2. The minimum atomic E-state index is -0.646. The second kappa shape index (κ2) is 12.6. The van der Waals surface area contributed by atoms with Crippen LogP contribution in [0.15, 0.2) is 33.9 Å². The van der Waals surface area contributed by atoms with Gasteiger partial charge in [0.2, 0.25) is 5.91 Å². The van der Waals surface area contributed by atoms with Crippen LogP contribution in [0.4, 0.5) is 11.5 Å². The van der Waals surface area contributed by atoms with Gasteiger partial charge in [0.25, 0.3) is 5.56 Å². The molecule has 0 fully saturated rings. The van der Waals surface area contributed by atoms with Gasteiger partial charge in [-0.3, -0.25) is 19.1 Å². The molecule has 0 aliphatic heterocycles. The zero-order valence-electron chi connectivity index (χ0n) is 19.2. The van der Waals surface area contributed by atoms with Crippen LogP contribution in [-0.4, -0.2) is 35.2 Å². The van der Waals surface area contributed by atoms with E-state index in [0.717, 1.165) is 18.6 Å². The number of hydrogen-bond donors (Lipinski definition) is 2. The van der Waals surface area contributed by atoms with E-state index in [0.29, 0.717) is 44.9 Å². The van der Waals surface area contributed by atoms with Gasteiger partial charge in [-0.15, -0.1) is 0 Å². The predicted octanol–water partition coefficient (Wildman–Crippen LogP) is 2.92. The second-order valence-corrected chi connectivity index (χ2v) is 7.40. The quantitative estimate of drug-likeness (QED) is 0.457. The Hall–Kier alpha value is -3.23. The number of rotatable bonds is 13. The summed E-state index contributed by atoms with van der Waals surface area (Å²) in [6.45, 7) is 7.49. The van der Waals surface area contributed by atoms with Gasteiger partial charge in [-0.25, -0.2) is 4.79 Å². The fourth-order valence-corrected chi connectivity index (χ4v) is 3.31. The number of nitrogens with two attached hydrogens (primary N) is 1. The highest BCUT2D eigenvalue weighted by Gasteiger charge is 2.23. The van der Waals surface area contributed by atoms with E-state index in [4.69, 9.17) is 15.2 Å². The zero-order valence-corrected chi connectivity index (χ0v) is 19.2. The maximum Gasteiger partial charge on any atom is 0.330 e. The van der Waals surface area contributed by atoms with Crippen molar-refractivity contribution in [1.29, 1.82) is 0 Å². The van der Waals surface area contributed by atoms with Crippen molar-refractivity contribution in [3.8, 4) is 11.5 Å².